The Hall–Kier alpha value is -4.10. The Kier molecular flexibility index (Phi) is 4.17. The van der Waals surface area contributed by atoms with Crippen LogP contribution in [0.15, 0.2) is 108 Å². The Morgan fingerprint density at radius 1 is 0.543 bits per heavy atom. The Bertz CT molecular complexity index is 1840. The van der Waals surface area contributed by atoms with Crippen LogP contribution in [0.4, 0.5) is 0 Å². The van der Waals surface area contributed by atoms with Crippen molar-refractivity contribution in [2.45, 2.75) is 26.2 Å². The van der Waals surface area contributed by atoms with Crippen molar-refractivity contribution in [3.63, 3.8) is 0 Å². The molecule has 0 aliphatic carbocycles. The highest BCUT2D eigenvalue weighted by Crippen LogP contribution is 2.43. The van der Waals surface area contributed by atoms with Crippen molar-refractivity contribution in [2.24, 2.45) is 0 Å². The number of hydrogen-bond donors (Lipinski definition) is 0. The smallest absolute Gasteiger partial charge is 0.136 e. The van der Waals surface area contributed by atoms with E-state index in [4.69, 9.17) is 4.42 Å². The zero-order chi connectivity index (χ0) is 23.7. The lowest BCUT2D eigenvalue weighted by molar-refractivity contribution is 0.590. The van der Waals surface area contributed by atoms with Crippen LogP contribution in [0.1, 0.15) is 26.3 Å². The van der Waals surface area contributed by atoms with E-state index < -0.39 is 0 Å². The molecule has 0 saturated heterocycles. The van der Waals surface area contributed by atoms with Gasteiger partial charge in [-0.1, -0.05) is 106 Å². The van der Waals surface area contributed by atoms with Crippen molar-refractivity contribution in [3.05, 3.63) is 109 Å². The van der Waals surface area contributed by atoms with Gasteiger partial charge in [0.15, 0.2) is 0 Å². The molecule has 0 aliphatic heterocycles. The van der Waals surface area contributed by atoms with Gasteiger partial charge in [-0.15, -0.1) is 0 Å². The van der Waals surface area contributed by atoms with Crippen molar-refractivity contribution in [1.82, 2.24) is 0 Å². The van der Waals surface area contributed by atoms with Crippen LogP contribution in [0.3, 0.4) is 0 Å². The summed E-state index contributed by atoms with van der Waals surface area (Å²) in [6.45, 7) is 6.82. The molecule has 0 radical (unpaired) electrons. The van der Waals surface area contributed by atoms with E-state index in [-0.39, 0.29) is 5.41 Å². The molecule has 0 bridgehead atoms. The van der Waals surface area contributed by atoms with Crippen LogP contribution in [-0.2, 0) is 5.41 Å². The molecule has 1 heterocycles. The van der Waals surface area contributed by atoms with Crippen LogP contribution < -0.4 is 0 Å². The first-order chi connectivity index (χ1) is 17.0. The molecule has 0 N–H and O–H groups in total. The minimum absolute atomic E-state index is 0.112. The maximum absolute atomic E-state index is 6.28. The summed E-state index contributed by atoms with van der Waals surface area (Å²) in [6, 6.07) is 37.5. The monoisotopic (exact) mass is 450 g/mol. The van der Waals surface area contributed by atoms with Crippen molar-refractivity contribution in [1.29, 1.82) is 0 Å². The molecule has 0 fully saturated rings. The highest BCUT2D eigenvalue weighted by atomic mass is 16.3. The van der Waals surface area contributed by atoms with E-state index in [0.717, 1.165) is 22.3 Å². The molecule has 1 nitrogen and oxygen atoms in total. The van der Waals surface area contributed by atoms with Crippen molar-refractivity contribution in [3.8, 4) is 22.5 Å². The third kappa shape index (κ3) is 3.08. The molecule has 0 spiro atoms. The van der Waals surface area contributed by atoms with Crippen LogP contribution in [0, 0.1) is 0 Å². The predicted octanol–water partition coefficient (Wildman–Crippen LogP) is 9.96. The van der Waals surface area contributed by atoms with Crippen LogP contribution in [0.5, 0.6) is 0 Å². The summed E-state index contributed by atoms with van der Waals surface area (Å²) in [6.07, 6.45) is 0. The second-order valence-corrected chi connectivity index (χ2v) is 10.6. The van der Waals surface area contributed by atoms with E-state index in [2.05, 4.69) is 112 Å². The van der Waals surface area contributed by atoms with E-state index in [1.54, 1.807) is 0 Å². The maximum Gasteiger partial charge on any atom is 0.136 e. The Morgan fingerprint density at radius 2 is 1.20 bits per heavy atom. The van der Waals surface area contributed by atoms with Gasteiger partial charge in [-0.2, -0.15) is 0 Å². The van der Waals surface area contributed by atoms with Gasteiger partial charge in [-0.05, 0) is 72.6 Å². The minimum atomic E-state index is 0.112. The SMILES string of the molecule is CC(C)(C)c1cccc(-c2ccc3ccc4c(-c5cc6ccccc6o5)ccc5ccc2c3c54)c1. The largest absolute Gasteiger partial charge is 0.456 e. The molecule has 0 aliphatic rings. The van der Waals surface area contributed by atoms with Gasteiger partial charge < -0.3 is 4.42 Å². The van der Waals surface area contributed by atoms with E-state index in [1.807, 2.05) is 12.1 Å². The summed E-state index contributed by atoms with van der Waals surface area (Å²) in [5.41, 5.74) is 6.09. The Labute approximate surface area is 205 Å². The summed E-state index contributed by atoms with van der Waals surface area (Å²) in [5, 5.41) is 8.85. The molecule has 0 atom stereocenters. The van der Waals surface area contributed by atoms with E-state index in [0.29, 0.717) is 0 Å². The molecule has 1 aromatic heterocycles. The zero-order valence-electron chi connectivity index (χ0n) is 20.2. The topological polar surface area (TPSA) is 13.1 Å². The predicted molar refractivity (Wildman–Crippen MR) is 149 cm³/mol. The number of para-hydroxylation sites is 1. The number of rotatable bonds is 2. The van der Waals surface area contributed by atoms with Gasteiger partial charge >= 0.3 is 0 Å². The molecular weight excluding hydrogens is 424 g/mol. The van der Waals surface area contributed by atoms with Crippen molar-refractivity contribution < 1.29 is 4.42 Å². The van der Waals surface area contributed by atoms with Crippen LogP contribution >= 0.6 is 0 Å². The molecule has 0 unspecified atom stereocenters. The highest BCUT2D eigenvalue weighted by molar-refractivity contribution is 6.27. The quantitative estimate of drug-likeness (QED) is 0.239. The van der Waals surface area contributed by atoms with Crippen molar-refractivity contribution >= 4 is 43.3 Å². The fraction of sp³-hybridized carbons (Fsp3) is 0.118. The maximum atomic E-state index is 6.28. The van der Waals surface area contributed by atoms with Gasteiger partial charge in [0, 0.05) is 10.9 Å². The first-order valence-corrected chi connectivity index (χ1v) is 12.3. The third-order valence-electron chi connectivity index (χ3n) is 7.40. The first-order valence-electron chi connectivity index (χ1n) is 12.3. The fourth-order valence-corrected chi connectivity index (χ4v) is 5.54. The minimum Gasteiger partial charge on any atom is -0.456 e. The summed E-state index contributed by atoms with van der Waals surface area (Å²) in [4.78, 5) is 0. The first kappa shape index (κ1) is 20.3. The number of fused-ring (bicyclic) bond motifs is 1. The summed E-state index contributed by atoms with van der Waals surface area (Å²) >= 11 is 0. The molecule has 35 heavy (non-hydrogen) atoms. The second kappa shape index (κ2) is 7.20. The molecule has 7 rings (SSSR count). The van der Waals surface area contributed by atoms with Gasteiger partial charge in [0.1, 0.15) is 11.3 Å². The van der Waals surface area contributed by atoms with E-state index in [1.165, 1.54) is 49.0 Å². The summed E-state index contributed by atoms with van der Waals surface area (Å²) in [7, 11) is 0. The second-order valence-electron chi connectivity index (χ2n) is 10.6. The van der Waals surface area contributed by atoms with Crippen LogP contribution in [0.25, 0.3) is 65.7 Å². The Balaban J connectivity index is 1.52. The molecular formula is C34H26O. The zero-order valence-corrected chi connectivity index (χ0v) is 20.2. The number of furan rings is 1. The molecule has 168 valence electrons. The van der Waals surface area contributed by atoms with Gasteiger partial charge in [-0.25, -0.2) is 0 Å². The average Bonchev–Trinajstić information content (AvgIpc) is 3.31. The Morgan fingerprint density at radius 3 is 1.91 bits per heavy atom. The lowest BCUT2D eigenvalue weighted by atomic mass is 9.84. The summed E-state index contributed by atoms with van der Waals surface area (Å²) in [5.74, 6) is 0.919. The lowest BCUT2D eigenvalue weighted by Crippen LogP contribution is -2.10. The van der Waals surface area contributed by atoms with Gasteiger partial charge in [-0.3, -0.25) is 0 Å². The molecule has 0 saturated carbocycles. The fourth-order valence-electron chi connectivity index (χ4n) is 5.54. The normalized spacial score (nSPS) is 12.4. The molecule has 7 aromatic rings. The van der Waals surface area contributed by atoms with Crippen molar-refractivity contribution in [2.75, 3.05) is 0 Å². The standard InChI is InChI=1S/C34H26O/c1-34(2,3)25-9-6-8-23(19-25)26-15-11-21-14-18-29-27(31-20-24-7-4-5-10-30(24)35-31)16-12-22-13-17-28(26)32(21)33(22)29/h4-20H,1-3H3. The highest BCUT2D eigenvalue weighted by Gasteiger charge is 2.18. The molecule has 1 heteroatoms. The number of benzene rings is 6. The average molecular weight is 451 g/mol. The lowest BCUT2D eigenvalue weighted by Gasteiger charge is -2.20. The van der Waals surface area contributed by atoms with Gasteiger partial charge in [0.05, 0.1) is 0 Å². The number of hydrogen-bond acceptors (Lipinski definition) is 1. The van der Waals surface area contributed by atoms with E-state index in [9.17, 15) is 0 Å². The molecule has 0 amide bonds. The third-order valence-corrected chi connectivity index (χ3v) is 7.40. The van der Waals surface area contributed by atoms with Gasteiger partial charge in [0.25, 0.3) is 0 Å². The van der Waals surface area contributed by atoms with Gasteiger partial charge in [0.2, 0.25) is 0 Å². The molecule has 6 aromatic carbocycles. The van der Waals surface area contributed by atoms with Crippen LogP contribution in [0.2, 0.25) is 0 Å². The summed E-state index contributed by atoms with van der Waals surface area (Å²) < 4.78 is 6.28. The van der Waals surface area contributed by atoms with E-state index >= 15 is 0 Å². The van der Waals surface area contributed by atoms with Crippen LogP contribution in [-0.4, -0.2) is 0 Å².